The largest absolute Gasteiger partial charge is 0.203 e. The summed E-state index contributed by atoms with van der Waals surface area (Å²) in [7, 11) is 0. The summed E-state index contributed by atoms with van der Waals surface area (Å²) in [6.45, 7) is 1.56. The van der Waals surface area contributed by atoms with E-state index in [1.54, 1.807) is 37.3 Å². The lowest BCUT2D eigenvalue weighted by Gasteiger charge is -2.27. The third-order valence-corrected chi connectivity index (χ3v) is 7.25. The maximum atomic E-state index is 14.7. The Labute approximate surface area is 182 Å². The highest BCUT2D eigenvalue weighted by Crippen LogP contribution is 2.39. The average molecular weight is 431 g/mol. The fraction of sp³-hybridized carbons (Fsp3) is 0.481. The maximum Gasteiger partial charge on any atom is 0.166 e. The number of allylic oxidation sites excluding steroid dienone is 1. The Hall–Kier alpha value is -2.10. The van der Waals surface area contributed by atoms with Gasteiger partial charge in [0.05, 0.1) is 0 Å². The van der Waals surface area contributed by atoms with Crippen LogP contribution in [0.4, 0.5) is 17.6 Å². The van der Waals surface area contributed by atoms with Crippen LogP contribution in [0.15, 0.2) is 30.3 Å². The summed E-state index contributed by atoms with van der Waals surface area (Å²) < 4.78 is 57.5. The standard InChI is InChI=1S/C27H30F4/c1-17-7-15-22(26(30)24(17)28)20-11-8-18(9-12-20)10-13-21-14-16-23(27(31)25(21)29)19-5-3-2-4-6-19/h7,10,13-16,18-20H,2-6,8-9,11-12H2,1H3/b13-10+. The monoisotopic (exact) mass is 430 g/mol. The molecule has 2 fully saturated rings. The topological polar surface area (TPSA) is 0 Å². The second-order valence-corrected chi connectivity index (χ2v) is 9.28. The highest BCUT2D eigenvalue weighted by molar-refractivity contribution is 5.52. The molecular weight excluding hydrogens is 400 g/mol. The molecule has 166 valence electrons. The van der Waals surface area contributed by atoms with Crippen molar-refractivity contribution in [1.82, 2.24) is 0 Å². The van der Waals surface area contributed by atoms with Crippen LogP contribution in [-0.4, -0.2) is 0 Å². The van der Waals surface area contributed by atoms with Gasteiger partial charge in [0, 0.05) is 5.56 Å². The van der Waals surface area contributed by atoms with Crippen molar-refractivity contribution in [2.45, 2.75) is 76.5 Å². The van der Waals surface area contributed by atoms with E-state index in [0.29, 0.717) is 16.7 Å². The Bertz CT molecular complexity index is 948. The zero-order chi connectivity index (χ0) is 22.0. The van der Waals surface area contributed by atoms with Crippen LogP contribution >= 0.6 is 0 Å². The molecule has 0 aromatic heterocycles. The number of hydrogen-bond donors (Lipinski definition) is 0. The van der Waals surface area contributed by atoms with E-state index in [-0.39, 0.29) is 23.3 Å². The van der Waals surface area contributed by atoms with Crippen molar-refractivity contribution < 1.29 is 17.6 Å². The minimum atomic E-state index is -0.759. The molecule has 2 aliphatic carbocycles. The van der Waals surface area contributed by atoms with Gasteiger partial charge in [-0.05, 0) is 79.9 Å². The molecule has 2 saturated carbocycles. The molecule has 0 nitrogen and oxygen atoms in total. The van der Waals surface area contributed by atoms with E-state index in [2.05, 4.69) is 0 Å². The Morgan fingerprint density at radius 2 is 1.23 bits per heavy atom. The van der Waals surface area contributed by atoms with Crippen LogP contribution in [0.25, 0.3) is 6.08 Å². The molecular formula is C27H30F4. The lowest BCUT2D eigenvalue weighted by Crippen LogP contribution is -2.14. The van der Waals surface area contributed by atoms with Gasteiger partial charge in [-0.25, -0.2) is 17.6 Å². The van der Waals surface area contributed by atoms with Crippen LogP contribution in [0.5, 0.6) is 0 Å². The predicted octanol–water partition coefficient (Wildman–Crippen LogP) is 8.59. The quantitative estimate of drug-likeness (QED) is 0.426. The highest BCUT2D eigenvalue weighted by atomic mass is 19.2. The van der Waals surface area contributed by atoms with Crippen molar-refractivity contribution in [2.24, 2.45) is 5.92 Å². The lowest BCUT2D eigenvalue weighted by molar-refractivity contribution is 0.364. The summed E-state index contributed by atoms with van der Waals surface area (Å²) in [5.41, 5.74) is 1.58. The summed E-state index contributed by atoms with van der Waals surface area (Å²) in [5, 5.41) is 0. The van der Waals surface area contributed by atoms with Crippen LogP contribution < -0.4 is 0 Å². The van der Waals surface area contributed by atoms with Crippen LogP contribution in [0, 0.1) is 36.1 Å². The van der Waals surface area contributed by atoms with Gasteiger partial charge in [-0.2, -0.15) is 0 Å². The SMILES string of the molecule is Cc1ccc(C2CCC(/C=C/c3ccc(C4CCCCC4)c(F)c3F)CC2)c(F)c1F. The van der Waals surface area contributed by atoms with Gasteiger partial charge >= 0.3 is 0 Å². The molecule has 0 amide bonds. The van der Waals surface area contributed by atoms with Gasteiger partial charge in [-0.3, -0.25) is 0 Å². The Kier molecular flexibility index (Phi) is 6.83. The zero-order valence-corrected chi connectivity index (χ0v) is 18.1. The van der Waals surface area contributed by atoms with Crippen molar-refractivity contribution in [3.05, 3.63) is 75.9 Å². The van der Waals surface area contributed by atoms with E-state index in [1.165, 1.54) is 6.42 Å². The molecule has 0 aliphatic heterocycles. The van der Waals surface area contributed by atoms with Crippen molar-refractivity contribution in [3.8, 4) is 0 Å². The summed E-state index contributed by atoms with van der Waals surface area (Å²) >= 11 is 0. The van der Waals surface area contributed by atoms with Gasteiger partial charge in [0.25, 0.3) is 0 Å². The fourth-order valence-electron chi connectivity index (χ4n) is 5.28. The predicted molar refractivity (Wildman–Crippen MR) is 117 cm³/mol. The van der Waals surface area contributed by atoms with Gasteiger partial charge in [-0.15, -0.1) is 0 Å². The Morgan fingerprint density at radius 3 is 1.90 bits per heavy atom. The van der Waals surface area contributed by atoms with Gasteiger partial charge < -0.3 is 0 Å². The van der Waals surface area contributed by atoms with E-state index in [4.69, 9.17) is 0 Å². The molecule has 2 aromatic carbocycles. The van der Waals surface area contributed by atoms with E-state index < -0.39 is 23.3 Å². The molecule has 0 spiro atoms. The number of aryl methyl sites for hydroxylation is 1. The molecule has 0 N–H and O–H groups in total. The first-order valence-electron chi connectivity index (χ1n) is 11.6. The first kappa shape index (κ1) is 22.1. The van der Waals surface area contributed by atoms with Gasteiger partial charge in [0.1, 0.15) is 0 Å². The Balaban J connectivity index is 1.40. The van der Waals surface area contributed by atoms with Crippen molar-refractivity contribution in [2.75, 3.05) is 0 Å². The molecule has 0 atom stereocenters. The van der Waals surface area contributed by atoms with E-state index >= 15 is 0 Å². The first-order chi connectivity index (χ1) is 15.0. The van der Waals surface area contributed by atoms with E-state index in [0.717, 1.165) is 51.4 Å². The van der Waals surface area contributed by atoms with E-state index in [1.807, 2.05) is 6.08 Å². The lowest BCUT2D eigenvalue weighted by atomic mass is 9.78. The molecule has 4 heteroatoms. The number of hydrogen-bond acceptors (Lipinski definition) is 0. The molecule has 4 rings (SSSR count). The van der Waals surface area contributed by atoms with Crippen molar-refractivity contribution in [3.63, 3.8) is 0 Å². The molecule has 0 heterocycles. The number of benzene rings is 2. The zero-order valence-electron chi connectivity index (χ0n) is 18.1. The highest BCUT2D eigenvalue weighted by Gasteiger charge is 2.25. The number of halogens is 4. The minimum Gasteiger partial charge on any atom is -0.203 e. The van der Waals surface area contributed by atoms with Crippen molar-refractivity contribution in [1.29, 1.82) is 0 Å². The average Bonchev–Trinajstić information content (AvgIpc) is 2.80. The third kappa shape index (κ3) is 4.73. The maximum absolute atomic E-state index is 14.7. The summed E-state index contributed by atoms with van der Waals surface area (Å²) in [4.78, 5) is 0. The van der Waals surface area contributed by atoms with Crippen LogP contribution in [0.2, 0.25) is 0 Å². The van der Waals surface area contributed by atoms with Crippen LogP contribution in [-0.2, 0) is 0 Å². The summed E-state index contributed by atoms with van der Waals surface area (Å²) in [6, 6.07) is 6.77. The van der Waals surface area contributed by atoms with Crippen LogP contribution in [0.3, 0.4) is 0 Å². The molecule has 0 saturated heterocycles. The minimum absolute atomic E-state index is 0.00343. The van der Waals surface area contributed by atoms with Crippen LogP contribution in [0.1, 0.15) is 91.9 Å². The smallest absolute Gasteiger partial charge is 0.166 e. The second kappa shape index (κ2) is 9.58. The Morgan fingerprint density at radius 1 is 0.645 bits per heavy atom. The normalized spacial score (nSPS) is 22.9. The van der Waals surface area contributed by atoms with E-state index in [9.17, 15) is 17.6 Å². The van der Waals surface area contributed by atoms with Gasteiger partial charge in [0.2, 0.25) is 0 Å². The van der Waals surface area contributed by atoms with Gasteiger partial charge in [-0.1, -0.05) is 55.7 Å². The molecule has 31 heavy (non-hydrogen) atoms. The second-order valence-electron chi connectivity index (χ2n) is 9.28. The molecule has 2 aromatic rings. The molecule has 2 aliphatic rings. The van der Waals surface area contributed by atoms with Crippen molar-refractivity contribution >= 4 is 6.08 Å². The first-order valence-corrected chi connectivity index (χ1v) is 11.6. The molecule has 0 radical (unpaired) electrons. The number of rotatable bonds is 4. The van der Waals surface area contributed by atoms with Gasteiger partial charge in [0.15, 0.2) is 23.3 Å². The molecule has 0 unspecified atom stereocenters. The summed E-state index contributed by atoms with van der Waals surface area (Å²) in [5.74, 6) is -2.58. The fourth-order valence-corrected chi connectivity index (χ4v) is 5.28. The molecule has 0 bridgehead atoms. The summed E-state index contributed by atoms with van der Waals surface area (Å²) in [6.07, 6.45) is 12.0. The third-order valence-electron chi connectivity index (χ3n) is 7.25.